The molecule has 1 atom stereocenters. The fraction of sp³-hybridized carbons (Fsp3) is 0.222. The molecular formula is C18H17FN2O2S2. The number of halogens is 1. The van der Waals surface area contributed by atoms with Gasteiger partial charge in [-0.3, -0.25) is 0 Å². The van der Waals surface area contributed by atoms with Gasteiger partial charge in [-0.05, 0) is 44.3 Å². The van der Waals surface area contributed by atoms with E-state index < -0.39 is 12.0 Å². The van der Waals surface area contributed by atoms with Crippen LogP contribution in [0.3, 0.4) is 0 Å². The molecule has 1 aromatic carbocycles. The van der Waals surface area contributed by atoms with Crippen molar-refractivity contribution in [2.75, 3.05) is 6.61 Å². The Morgan fingerprint density at radius 1 is 1.32 bits per heavy atom. The minimum absolute atomic E-state index is 0.276. The average Bonchev–Trinajstić information content (AvgIpc) is 3.04. The minimum Gasteiger partial charge on any atom is -0.463 e. The molecule has 0 saturated carbocycles. The molecule has 7 heteroatoms. The SMILES string of the molecule is CCOC(=O)C1=C(C)NC(=S)NC1c1ccc(-c2ccccc2F)s1. The monoisotopic (exact) mass is 376 g/mol. The third kappa shape index (κ3) is 3.57. The number of benzene rings is 1. The summed E-state index contributed by atoms with van der Waals surface area (Å²) in [5.74, 6) is -0.671. The lowest BCUT2D eigenvalue weighted by molar-refractivity contribution is -0.139. The summed E-state index contributed by atoms with van der Waals surface area (Å²) in [6.45, 7) is 3.84. The lowest BCUT2D eigenvalue weighted by Gasteiger charge is -2.28. The number of hydrogen-bond acceptors (Lipinski definition) is 4. The second kappa shape index (κ2) is 7.33. The van der Waals surface area contributed by atoms with Crippen molar-refractivity contribution >= 4 is 34.6 Å². The van der Waals surface area contributed by atoms with Gasteiger partial charge < -0.3 is 15.4 Å². The summed E-state index contributed by atoms with van der Waals surface area (Å²) in [7, 11) is 0. The van der Waals surface area contributed by atoms with Crippen molar-refractivity contribution in [3.05, 3.63) is 58.4 Å². The van der Waals surface area contributed by atoms with Crippen molar-refractivity contribution in [1.82, 2.24) is 10.6 Å². The van der Waals surface area contributed by atoms with Gasteiger partial charge in [0, 0.05) is 21.0 Å². The predicted molar refractivity (Wildman–Crippen MR) is 101 cm³/mol. The van der Waals surface area contributed by atoms with Gasteiger partial charge in [-0.1, -0.05) is 18.2 Å². The normalized spacial score (nSPS) is 17.1. The zero-order valence-electron chi connectivity index (χ0n) is 13.8. The largest absolute Gasteiger partial charge is 0.463 e. The highest BCUT2D eigenvalue weighted by Gasteiger charge is 2.32. The number of nitrogens with one attached hydrogen (secondary N) is 2. The number of thiocarbonyl (C=S) groups is 1. The number of esters is 1. The van der Waals surface area contributed by atoms with E-state index in [-0.39, 0.29) is 12.4 Å². The van der Waals surface area contributed by atoms with Crippen LogP contribution in [-0.2, 0) is 9.53 Å². The van der Waals surface area contributed by atoms with E-state index in [9.17, 15) is 9.18 Å². The van der Waals surface area contributed by atoms with E-state index in [1.807, 2.05) is 12.1 Å². The molecule has 0 fully saturated rings. The summed E-state index contributed by atoms with van der Waals surface area (Å²) < 4.78 is 19.2. The van der Waals surface area contributed by atoms with Crippen LogP contribution in [0.4, 0.5) is 4.39 Å². The van der Waals surface area contributed by atoms with Crippen LogP contribution in [0.2, 0.25) is 0 Å². The highest BCUT2D eigenvalue weighted by atomic mass is 32.1. The van der Waals surface area contributed by atoms with Gasteiger partial charge in [0.25, 0.3) is 0 Å². The Morgan fingerprint density at radius 3 is 2.80 bits per heavy atom. The van der Waals surface area contributed by atoms with Crippen LogP contribution >= 0.6 is 23.6 Å². The third-order valence-electron chi connectivity index (χ3n) is 3.82. The molecule has 1 unspecified atom stereocenters. The number of allylic oxidation sites excluding steroid dienone is 1. The first-order chi connectivity index (χ1) is 12.0. The molecule has 2 N–H and O–H groups in total. The van der Waals surface area contributed by atoms with E-state index >= 15 is 0 Å². The molecule has 3 rings (SSSR count). The van der Waals surface area contributed by atoms with Crippen molar-refractivity contribution in [3.63, 3.8) is 0 Å². The van der Waals surface area contributed by atoms with Crippen molar-refractivity contribution < 1.29 is 13.9 Å². The molecule has 130 valence electrons. The maximum atomic E-state index is 14.0. The van der Waals surface area contributed by atoms with Gasteiger partial charge in [-0.25, -0.2) is 9.18 Å². The molecule has 0 bridgehead atoms. The predicted octanol–water partition coefficient (Wildman–Crippen LogP) is 3.91. The van der Waals surface area contributed by atoms with Gasteiger partial charge in [-0.2, -0.15) is 0 Å². The van der Waals surface area contributed by atoms with Crippen LogP contribution in [0.15, 0.2) is 47.7 Å². The van der Waals surface area contributed by atoms with Gasteiger partial charge in [0.1, 0.15) is 5.82 Å². The van der Waals surface area contributed by atoms with Gasteiger partial charge >= 0.3 is 5.97 Å². The lowest BCUT2D eigenvalue weighted by Crippen LogP contribution is -2.44. The Kier molecular flexibility index (Phi) is 5.15. The van der Waals surface area contributed by atoms with Crippen LogP contribution in [0.1, 0.15) is 24.8 Å². The van der Waals surface area contributed by atoms with Crippen molar-refractivity contribution in [3.8, 4) is 10.4 Å². The number of rotatable bonds is 4. The van der Waals surface area contributed by atoms with Gasteiger partial charge in [0.15, 0.2) is 5.11 Å². The van der Waals surface area contributed by atoms with E-state index in [0.717, 1.165) is 9.75 Å². The number of hydrogen-bond donors (Lipinski definition) is 2. The number of carbonyl (C=O) groups is 1. The van der Waals surface area contributed by atoms with Crippen molar-refractivity contribution in [2.45, 2.75) is 19.9 Å². The maximum Gasteiger partial charge on any atom is 0.338 e. The molecule has 1 aromatic heterocycles. The lowest BCUT2D eigenvalue weighted by atomic mass is 10.0. The van der Waals surface area contributed by atoms with Crippen LogP contribution in [-0.4, -0.2) is 17.7 Å². The molecule has 2 aromatic rings. The quantitative estimate of drug-likeness (QED) is 0.626. The first-order valence-electron chi connectivity index (χ1n) is 7.81. The highest BCUT2D eigenvalue weighted by molar-refractivity contribution is 7.80. The van der Waals surface area contributed by atoms with E-state index in [1.165, 1.54) is 17.4 Å². The number of thiophene rings is 1. The Balaban J connectivity index is 1.99. The van der Waals surface area contributed by atoms with E-state index in [0.29, 0.717) is 21.9 Å². The minimum atomic E-state index is -0.418. The van der Waals surface area contributed by atoms with E-state index in [2.05, 4.69) is 10.6 Å². The zero-order valence-corrected chi connectivity index (χ0v) is 15.4. The van der Waals surface area contributed by atoms with Gasteiger partial charge in [-0.15, -0.1) is 11.3 Å². The topological polar surface area (TPSA) is 50.4 Å². The van der Waals surface area contributed by atoms with Crippen LogP contribution < -0.4 is 10.6 Å². The molecule has 0 amide bonds. The van der Waals surface area contributed by atoms with Gasteiger partial charge in [0.2, 0.25) is 0 Å². The molecule has 0 aliphatic carbocycles. The third-order valence-corrected chi connectivity index (χ3v) is 5.22. The Morgan fingerprint density at radius 2 is 2.08 bits per heavy atom. The fourth-order valence-corrected chi connectivity index (χ4v) is 4.07. The smallest absolute Gasteiger partial charge is 0.338 e. The second-order valence-corrected chi connectivity index (χ2v) is 7.00. The van der Waals surface area contributed by atoms with Crippen LogP contribution in [0.25, 0.3) is 10.4 Å². The van der Waals surface area contributed by atoms with Crippen molar-refractivity contribution in [2.24, 2.45) is 0 Å². The molecule has 0 saturated heterocycles. The Bertz CT molecular complexity index is 860. The summed E-state index contributed by atoms with van der Waals surface area (Å²) in [5, 5.41) is 6.51. The molecular weight excluding hydrogens is 359 g/mol. The molecule has 1 aliphatic rings. The summed E-state index contributed by atoms with van der Waals surface area (Å²) in [6, 6.07) is 9.93. The molecule has 4 nitrogen and oxygen atoms in total. The Hall–Kier alpha value is -2.25. The second-order valence-electron chi connectivity index (χ2n) is 5.47. The van der Waals surface area contributed by atoms with Crippen LogP contribution in [0.5, 0.6) is 0 Å². The molecule has 25 heavy (non-hydrogen) atoms. The number of carbonyl (C=O) groups excluding carboxylic acids is 1. The van der Waals surface area contributed by atoms with E-state index in [4.69, 9.17) is 17.0 Å². The summed E-state index contributed by atoms with van der Waals surface area (Å²) in [4.78, 5) is 14.0. The van der Waals surface area contributed by atoms with E-state index in [1.54, 1.807) is 32.0 Å². The number of ether oxygens (including phenoxy) is 1. The average molecular weight is 376 g/mol. The van der Waals surface area contributed by atoms with Crippen LogP contribution in [0, 0.1) is 5.82 Å². The summed E-state index contributed by atoms with van der Waals surface area (Å²) >= 11 is 6.64. The first kappa shape index (κ1) is 17.6. The molecule has 2 heterocycles. The van der Waals surface area contributed by atoms with Crippen molar-refractivity contribution in [1.29, 1.82) is 0 Å². The zero-order chi connectivity index (χ0) is 18.0. The summed E-state index contributed by atoms with van der Waals surface area (Å²) in [5.41, 5.74) is 1.68. The standard InChI is InChI=1S/C18H17FN2O2S2/c1-3-23-17(22)15-10(2)20-18(24)21-16(15)14-9-8-13(25-14)11-6-4-5-7-12(11)19/h4-9,16H,3H2,1-2H3,(H2,20,21,24). The molecule has 0 spiro atoms. The maximum absolute atomic E-state index is 14.0. The fourth-order valence-electron chi connectivity index (χ4n) is 2.70. The summed E-state index contributed by atoms with van der Waals surface area (Å²) in [6.07, 6.45) is 0. The first-order valence-corrected chi connectivity index (χ1v) is 9.03. The van der Waals surface area contributed by atoms with Gasteiger partial charge in [0.05, 0.1) is 18.2 Å². The highest BCUT2D eigenvalue weighted by Crippen LogP contribution is 2.37. The Labute approximate surface area is 154 Å². The molecule has 1 aliphatic heterocycles. The molecule has 0 radical (unpaired) electrons.